The summed E-state index contributed by atoms with van der Waals surface area (Å²) in [4.78, 5) is 9.75. The van der Waals surface area contributed by atoms with Crippen LogP contribution in [0.5, 0.6) is 0 Å². The second-order valence-corrected chi connectivity index (χ2v) is 0.776. The first-order valence-electron chi connectivity index (χ1n) is 1.55. The van der Waals surface area contributed by atoms with E-state index in [9.17, 15) is 4.79 Å². The Bertz CT molecular complexity index is 68.4. The molecule has 50 valence electrons. The van der Waals surface area contributed by atoms with Crippen molar-refractivity contribution < 1.29 is 20.5 Å². The van der Waals surface area contributed by atoms with E-state index in [-0.39, 0.29) is 16.9 Å². The molecule has 0 aromatic carbocycles. The molecule has 0 aromatic heterocycles. The summed E-state index contributed by atoms with van der Waals surface area (Å²) in [5.41, 5.74) is 0. The van der Waals surface area contributed by atoms with Crippen molar-refractivity contribution in [2.75, 3.05) is 0 Å². The van der Waals surface area contributed by atoms with Crippen molar-refractivity contribution in [2.24, 2.45) is 0 Å². The van der Waals surface area contributed by atoms with Crippen molar-refractivity contribution in [3.8, 4) is 0 Å². The Balaban J connectivity index is -0.000000125. The molecule has 0 heterocycles. The topological polar surface area (TPSA) is 89.3 Å². The first-order valence-corrected chi connectivity index (χ1v) is 1.55. The van der Waals surface area contributed by atoms with E-state index >= 15 is 0 Å². The Morgan fingerprint density at radius 3 is 2.00 bits per heavy atom. The quantitative estimate of drug-likeness (QED) is 0.331. The van der Waals surface area contributed by atoms with Gasteiger partial charge in [-0.1, -0.05) is 6.58 Å². The van der Waals surface area contributed by atoms with Crippen molar-refractivity contribution in [2.45, 2.75) is 6.92 Å². The Morgan fingerprint density at radius 2 is 2.00 bits per heavy atom. The van der Waals surface area contributed by atoms with Crippen molar-refractivity contribution in [3.05, 3.63) is 12.8 Å². The maximum absolute atomic E-state index is 9.75. The van der Waals surface area contributed by atoms with Crippen LogP contribution in [-0.4, -0.2) is 16.9 Å². The number of carbonyl (C=O) groups excluding carboxylic acids is 1. The average molecular weight is 122 g/mol. The lowest BCUT2D eigenvalue weighted by Crippen LogP contribution is -1.87. The van der Waals surface area contributed by atoms with E-state index in [2.05, 4.69) is 11.3 Å². The SMILES string of the molecule is C=COC(C)=O.O.O. The number of esters is 1. The van der Waals surface area contributed by atoms with Gasteiger partial charge in [0.05, 0.1) is 6.26 Å². The van der Waals surface area contributed by atoms with Crippen LogP contribution in [0.15, 0.2) is 12.8 Å². The molecule has 0 aliphatic heterocycles. The van der Waals surface area contributed by atoms with Gasteiger partial charge in [-0.25, -0.2) is 0 Å². The van der Waals surface area contributed by atoms with Crippen molar-refractivity contribution in [1.29, 1.82) is 0 Å². The fourth-order valence-corrected chi connectivity index (χ4v) is 0.117. The molecule has 4 nitrogen and oxygen atoms in total. The molecular formula is C4H10O4. The van der Waals surface area contributed by atoms with E-state index in [4.69, 9.17) is 0 Å². The average Bonchev–Trinajstić information content (AvgIpc) is 1.35. The van der Waals surface area contributed by atoms with Crippen LogP contribution in [0.2, 0.25) is 0 Å². The third kappa shape index (κ3) is 19.3. The summed E-state index contributed by atoms with van der Waals surface area (Å²) in [6, 6.07) is 0. The van der Waals surface area contributed by atoms with Crippen molar-refractivity contribution in [3.63, 3.8) is 0 Å². The molecule has 4 N–H and O–H groups in total. The Hall–Kier alpha value is -0.870. The Labute approximate surface area is 47.4 Å². The molecule has 0 aromatic rings. The summed E-state index contributed by atoms with van der Waals surface area (Å²) in [6.07, 6.45) is 1.10. The number of carbonyl (C=O) groups is 1. The highest BCUT2D eigenvalue weighted by molar-refractivity contribution is 5.66. The van der Waals surface area contributed by atoms with Crippen LogP contribution >= 0.6 is 0 Å². The molecule has 0 unspecified atom stereocenters. The third-order valence-electron chi connectivity index (χ3n) is 0.249. The van der Waals surface area contributed by atoms with Crippen LogP contribution in [-0.2, 0) is 9.53 Å². The number of ether oxygens (including phenoxy) is 1. The van der Waals surface area contributed by atoms with Gasteiger partial charge in [-0.15, -0.1) is 0 Å². The Morgan fingerprint density at radius 1 is 1.62 bits per heavy atom. The van der Waals surface area contributed by atoms with E-state index in [0.29, 0.717) is 0 Å². The summed E-state index contributed by atoms with van der Waals surface area (Å²) >= 11 is 0. The van der Waals surface area contributed by atoms with E-state index < -0.39 is 0 Å². The number of hydrogen-bond acceptors (Lipinski definition) is 2. The molecular weight excluding hydrogens is 112 g/mol. The molecule has 0 aliphatic rings. The van der Waals surface area contributed by atoms with Gasteiger partial charge in [-0.3, -0.25) is 4.79 Å². The summed E-state index contributed by atoms with van der Waals surface area (Å²) in [6.45, 7) is 4.48. The lowest BCUT2D eigenvalue weighted by atomic mass is 10.8. The monoisotopic (exact) mass is 122 g/mol. The van der Waals surface area contributed by atoms with Crippen molar-refractivity contribution >= 4 is 5.97 Å². The zero-order chi connectivity index (χ0) is 4.99. The normalized spacial score (nSPS) is 5.12. The number of hydrogen-bond donors (Lipinski definition) is 0. The van der Waals surface area contributed by atoms with Gasteiger partial charge in [0.2, 0.25) is 0 Å². The largest absolute Gasteiger partial charge is 0.435 e. The van der Waals surface area contributed by atoms with Gasteiger partial charge >= 0.3 is 5.97 Å². The van der Waals surface area contributed by atoms with E-state index in [1.807, 2.05) is 0 Å². The van der Waals surface area contributed by atoms with Gasteiger partial charge in [-0.2, -0.15) is 0 Å². The highest BCUT2D eigenvalue weighted by Gasteiger charge is 1.79. The van der Waals surface area contributed by atoms with Crippen LogP contribution in [0.4, 0.5) is 0 Å². The second-order valence-electron chi connectivity index (χ2n) is 0.776. The van der Waals surface area contributed by atoms with Gasteiger partial charge in [0.25, 0.3) is 0 Å². The first kappa shape index (κ1) is 15.7. The van der Waals surface area contributed by atoms with Crippen LogP contribution in [0.1, 0.15) is 6.92 Å². The highest BCUT2D eigenvalue weighted by atomic mass is 16.5. The standard InChI is InChI=1S/C4H6O2.2H2O/c1-3-6-4(2)5;;/h3H,1H2,2H3;2*1H2. The molecule has 0 radical (unpaired) electrons. The predicted octanol–water partition coefficient (Wildman–Crippen LogP) is -0.956. The fraction of sp³-hybridized carbons (Fsp3) is 0.250. The molecule has 0 spiro atoms. The summed E-state index contributed by atoms with van der Waals surface area (Å²) < 4.78 is 4.17. The van der Waals surface area contributed by atoms with Crippen LogP contribution < -0.4 is 0 Å². The second kappa shape index (κ2) is 9.46. The van der Waals surface area contributed by atoms with Crippen LogP contribution in [0.25, 0.3) is 0 Å². The summed E-state index contributed by atoms with van der Waals surface area (Å²) in [5, 5.41) is 0. The lowest BCUT2D eigenvalue weighted by Gasteiger charge is -1.83. The fourth-order valence-electron chi connectivity index (χ4n) is 0.117. The lowest BCUT2D eigenvalue weighted by molar-refractivity contribution is -0.135. The van der Waals surface area contributed by atoms with Gasteiger partial charge in [0, 0.05) is 6.92 Å². The zero-order valence-electron chi connectivity index (χ0n) is 4.60. The first-order chi connectivity index (χ1) is 2.77. The summed E-state index contributed by atoms with van der Waals surface area (Å²) in [7, 11) is 0. The molecule has 0 fully saturated rings. The zero-order valence-corrected chi connectivity index (χ0v) is 4.60. The summed E-state index contributed by atoms with van der Waals surface area (Å²) in [5.74, 6) is -0.329. The smallest absolute Gasteiger partial charge is 0.307 e. The maximum atomic E-state index is 9.75. The number of rotatable bonds is 1. The van der Waals surface area contributed by atoms with E-state index in [1.165, 1.54) is 6.92 Å². The minimum absolute atomic E-state index is 0. The molecule has 0 aliphatic carbocycles. The molecule has 0 atom stereocenters. The molecule has 0 rings (SSSR count). The third-order valence-corrected chi connectivity index (χ3v) is 0.249. The Kier molecular flexibility index (Phi) is 18.6. The van der Waals surface area contributed by atoms with Gasteiger partial charge < -0.3 is 15.7 Å². The molecule has 0 saturated carbocycles. The molecule has 4 heteroatoms. The van der Waals surface area contributed by atoms with Gasteiger partial charge in [-0.05, 0) is 0 Å². The minimum Gasteiger partial charge on any atom is -0.435 e. The minimum atomic E-state index is -0.329. The van der Waals surface area contributed by atoms with Crippen LogP contribution in [0.3, 0.4) is 0 Å². The van der Waals surface area contributed by atoms with E-state index in [1.54, 1.807) is 0 Å². The van der Waals surface area contributed by atoms with Gasteiger partial charge in [0.15, 0.2) is 0 Å². The maximum Gasteiger partial charge on any atom is 0.307 e. The molecule has 0 saturated heterocycles. The van der Waals surface area contributed by atoms with E-state index in [0.717, 1.165) is 6.26 Å². The van der Waals surface area contributed by atoms with Gasteiger partial charge in [0.1, 0.15) is 0 Å². The van der Waals surface area contributed by atoms with Crippen LogP contribution in [0, 0.1) is 0 Å². The molecule has 8 heavy (non-hydrogen) atoms. The highest BCUT2D eigenvalue weighted by Crippen LogP contribution is 1.70. The molecule has 0 amide bonds. The predicted molar refractivity (Wildman–Crippen MR) is 29.2 cm³/mol. The van der Waals surface area contributed by atoms with Crippen molar-refractivity contribution in [1.82, 2.24) is 0 Å². The molecule has 0 bridgehead atoms.